The highest BCUT2D eigenvalue weighted by molar-refractivity contribution is 6.46. The summed E-state index contributed by atoms with van der Waals surface area (Å²) in [5.41, 5.74) is 1.79. The van der Waals surface area contributed by atoms with Crippen molar-refractivity contribution in [3.8, 4) is 5.75 Å². The monoisotopic (exact) mass is 408 g/mol. The average Bonchev–Trinajstić information content (AvgIpc) is 3.36. The van der Waals surface area contributed by atoms with Gasteiger partial charge in [0, 0.05) is 19.3 Å². The minimum atomic E-state index is -0.791. The Bertz CT molecular complexity index is 996. The third kappa shape index (κ3) is 3.57. The van der Waals surface area contributed by atoms with Gasteiger partial charge in [-0.1, -0.05) is 17.7 Å². The molecule has 7 heteroatoms. The van der Waals surface area contributed by atoms with Gasteiger partial charge in [-0.15, -0.1) is 0 Å². The van der Waals surface area contributed by atoms with Crippen LogP contribution in [0.5, 0.6) is 5.75 Å². The van der Waals surface area contributed by atoms with Gasteiger partial charge < -0.3 is 19.5 Å². The maximum atomic E-state index is 13.1. The number of hydrogen-bond acceptors (Lipinski definition) is 6. The molecule has 2 saturated heterocycles. The second kappa shape index (κ2) is 8.28. The van der Waals surface area contributed by atoms with Crippen molar-refractivity contribution in [2.75, 3.05) is 20.3 Å². The number of hydrogen-bond donors (Lipinski definition) is 1. The summed E-state index contributed by atoms with van der Waals surface area (Å²) >= 11 is 0. The molecule has 3 heterocycles. The summed E-state index contributed by atoms with van der Waals surface area (Å²) in [5, 5.41) is 11.2. The largest absolute Gasteiger partial charge is 0.507 e. The molecule has 0 radical (unpaired) electrons. The van der Waals surface area contributed by atoms with Crippen molar-refractivity contribution >= 4 is 17.4 Å². The number of aliphatic hydroxyl groups is 1. The van der Waals surface area contributed by atoms with Crippen molar-refractivity contribution in [3.05, 3.63) is 65.0 Å². The van der Waals surface area contributed by atoms with Crippen molar-refractivity contribution < 1.29 is 24.2 Å². The molecule has 2 aliphatic rings. The quantitative estimate of drug-likeness (QED) is 0.465. The van der Waals surface area contributed by atoms with E-state index in [1.54, 1.807) is 36.5 Å². The molecular formula is C23H24N2O5. The molecule has 2 fully saturated rings. The van der Waals surface area contributed by atoms with E-state index >= 15 is 0 Å². The number of likely N-dealkylation sites (tertiary alicyclic amines) is 1. The minimum Gasteiger partial charge on any atom is -0.507 e. The molecule has 1 amide bonds. The Labute approximate surface area is 174 Å². The third-order valence-electron chi connectivity index (χ3n) is 5.54. The number of benzene rings is 1. The topological polar surface area (TPSA) is 89.0 Å². The molecule has 0 bridgehead atoms. The van der Waals surface area contributed by atoms with Crippen LogP contribution in [0.1, 0.15) is 35.7 Å². The fourth-order valence-corrected chi connectivity index (χ4v) is 4.07. The zero-order valence-electron chi connectivity index (χ0n) is 17.0. The number of rotatable bonds is 5. The molecule has 1 aromatic carbocycles. The number of nitrogens with zero attached hydrogens (tertiary/aromatic N) is 2. The fraction of sp³-hybridized carbons (Fsp3) is 0.348. The molecule has 1 N–H and O–H groups in total. The predicted molar refractivity (Wildman–Crippen MR) is 110 cm³/mol. The van der Waals surface area contributed by atoms with Crippen molar-refractivity contribution in [2.45, 2.75) is 31.9 Å². The minimum absolute atomic E-state index is 0.0144. The summed E-state index contributed by atoms with van der Waals surface area (Å²) < 4.78 is 11.1. The summed E-state index contributed by atoms with van der Waals surface area (Å²) in [6, 6.07) is 9.82. The Balaban J connectivity index is 1.86. The Morgan fingerprint density at radius 2 is 2.13 bits per heavy atom. The highest BCUT2D eigenvalue weighted by atomic mass is 16.5. The normalized spacial score (nSPS) is 23.2. The van der Waals surface area contributed by atoms with Crippen LogP contribution in [-0.4, -0.2) is 53.0 Å². The van der Waals surface area contributed by atoms with E-state index in [-0.39, 0.29) is 24.0 Å². The van der Waals surface area contributed by atoms with Gasteiger partial charge in [-0.05, 0) is 44.0 Å². The van der Waals surface area contributed by atoms with E-state index in [9.17, 15) is 14.7 Å². The van der Waals surface area contributed by atoms with Crippen LogP contribution >= 0.6 is 0 Å². The lowest BCUT2D eigenvalue weighted by Crippen LogP contribution is -2.36. The SMILES string of the molecule is COc1ccc(C)cc1/C(O)=C1\C(=O)C(=O)N(CC2CCCO2)C1c1ccccn1. The van der Waals surface area contributed by atoms with Gasteiger partial charge in [-0.2, -0.15) is 0 Å². The van der Waals surface area contributed by atoms with Gasteiger partial charge in [-0.25, -0.2) is 0 Å². The molecule has 2 unspecified atom stereocenters. The van der Waals surface area contributed by atoms with Gasteiger partial charge >= 0.3 is 0 Å². The molecule has 30 heavy (non-hydrogen) atoms. The number of amides is 1. The number of ketones is 1. The number of carbonyl (C=O) groups excluding carboxylic acids is 2. The number of Topliss-reactive ketones (excluding diaryl/α,β-unsaturated/α-hetero) is 1. The lowest BCUT2D eigenvalue weighted by atomic mass is 9.97. The van der Waals surface area contributed by atoms with Crippen LogP contribution in [0, 0.1) is 6.92 Å². The lowest BCUT2D eigenvalue weighted by Gasteiger charge is -2.26. The first-order valence-corrected chi connectivity index (χ1v) is 9.97. The van der Waals surface area contributed by atoms with Gasteiger partial charge in [0.1, 0.15) is 17.6 Å². The molecule has 156 valence electrons. The van der Waals surface area contributed by atoms with Gasteiger partial charge in [0.2, 0.25) is 0 Å². The molecule has 1 aromatic heterocycles. The zero-order valence-corrected chi connectivity index (χ0v) is 17.0. The highest BCUT2D eigenvalue weighted by Crippen LogP contribution is 2.40. The first-order chi connectivity index (χ1) is 14.5. The maximum Gasteiger partial charge on any atom is 0.295 e. The molecule has 0 aliphatic carbocycles. The van der Waals surface area contributed by atoms with Gasteiger partial charge in [0.05, 0.1) is 30.0 Å². The van der Waals surface area contributed by atoms with Crippen molar-refractivity contribution in [1.82, 2.24) is 9.88 Å². The standard InChI is InChI=1S/C23H24N2O5/c1-14-8-9-18(29-2)16(12-14)21(26)19-20(17-7-3-4-10-24-17)25(23(28)22(19)27)13-15-6-5-11-30-15/h3-4,7-10,12,15,20,26H,5-6,11,13H2,1-2H3/b21-19+. The number of carbonyl (C=O) groups is 2. The van der Waals surface area contributed by atoms with Crippen molar-refractivity contribution in [2.24, 2.45) is 0 Å². The second-order valence-corrected chi connectivity index (χ2v) is 7.54. The molecule has 4 rings (SSSR count). The lowest BCUT2D eigenvalue weighted by molar-refractivity contribution is -0.140. The Hall–Kier alpha value is -3.19. The zero-order chi connectivity index (χ0) is 21.3. The number of aryl methyl sites for hydroxylation is 1. The van der Waals surface area contributed by atoms with Crippen LogP contribution in [0.4, 0.5) is 0 Å². The predicted octanol–water partition coefficient (Wildman–Crippen LogP) is 3.00. The number of pyridine rings is 1. The van der Waals surface area contributed by atoms with Gasteiger partial charge in [0.25, 0.3) is 11.7 Å². The van der Waals surface area contributed by atoms with Crippen molar-refractivity contribution in [3.63, 3.8) is 0 Å². The molecule has 0 spiro atoms. The second-order valence-electron chi connectivity index (χ2n) is 7.54. The molecule has 7 nitrogen and oxygen atoms in total. The first kappa shape index (κ1) is 20.1. The van der Waals surface area contributed by atoms with Crippen LogP contribution in [0.25, 0.3) is 5.76 Å². The number of aromatic nitrogens is 1. The summed E-state index contributed by atoms with van der Waals surface area (Å²) in [5.74, 6) is -1.23. The Kier molecular flexibility index (Phi) is 5.55. The van der Waals surface area contributed by atoms with Crippen LogP contribution in [-0.2, 0) is 14.3 Å². The highest BCUT2D eigenvalue weighted by Gasteiger charge is 2.47. The number of aliphatic hydroxyl groups excluding tert-OH is 1. The number of ether oxygens (including phenoxy) is 2. The van der Waals surface area contributed by atoms with E-state index in [2.05, 4.69) is 4.98 Å². The van der Waals surface area contributed by atoms with E-state index < -0.39 is 17.7 Å². The van der Waals surface area contributed by atoms with Crippen LogP contribution in [0.3, 0.4) is 0 Å². The Morgan fingerprint density at radius 1 is 1.30 bits per heavy atom. The molecule has 2 atom stereocenters. The van der Waals surface area contributed by atoms with Gasteiger partial charge in [-0.3, -0.25) is 14.6 Å². The third-order valence-corrected chi connectivity index (χ3v) is 5.54. The van der Waals surface area contributed by atoms with Crippen LogP contribution in [0.2, 0.25) is 0 Å². The average molecular weight is 408 g/mol. The van der Waals surface area contributed by atoms with E-state index in [1.165, 1.54) is 12.0 Å². The molecule has 2 aliphatic heterocycles. The van der Waals surface area contributed by atoms with Crippen molar-refractivity contribution in [1.29, 1.82) is 0 Å². The summed E-state index contributed by atoms with van der Waals surface area (Å²) in [7, 11) is 1.49. The van der Waals surface area contributed by atoms with E-state index in [0.717, 1.165) is 18.4 Å². The first-order valence-electron chi connectivity index (χ1n) is 9.97. The van der Waals surface area contributed by atoms with E-state index in [0.29, 0.717) is 23.6 Å². The van der Waals surface area contributed by atoms with Gasteiger partial charge in [0.15, 0.2) is 0 Å². The number of methoxy groups -OCH3 is 1. The molecule has 2 aromatic rings. The Morgan fingerprint density at radius 3 is 2.80 bits per heavy atom. The summed E-state index contributed by atoms with van der Waals surface area (Å²) in [6.45, 7) is 2.79. The maximum absolute atomic E-state index is 13.1. The summed E-state index contributed by atoms with van der Waals surface area (Å²) in [4.78, 5) is 31.9. The van der Waals surface area contributed by atoms with E-state index in [4.69, 9.17) is 9.47 Å². The van der Waals surface area contributed by atoms with Crippen LogP contribution < -0.4 is 4.74 Å². The summed E-state index contributed by atoms with van der Waals surface area (Å²) in [6.07, 6.45) is 3.21. The molecule has 0 saturated carbocycles. The molecular weight excluding hydrogens is 384 g/mol. The van der Waals surface area contributed by atoms with Crippen LogP contribution in [0.15, 0.2) is 48.2 Å². The van der Waals surface area contributed by atoms with E-state index in [1.807, 2.05) is 13.0 Å². The fourth-order valence-electron chi connectivity index (χ4n) is 4.07. The smallest absolute Gasteiger partial charge is 0.295 e.